The molecule has 4 rings (SSSR count). The van der Waals surface area contributed by atoms with Crippen LogP contribution in [0.5, 0.6) is 0 Å². The average Bonchev–Trinajstić information content (AvgIpc) is 3.08. The molecule has 0 saturated carbocycles. The zero-order chi connectivity index (χ0) is 35.7. The number of halogens is 3. The number of hydrogen-bond acceptors (Lipinski definition) is 0. The smallest absolute Gasteiger partial charge is 1.00 e. The molecule has 0 bridgehead atoms. The summed E-state index contributed by atoms with van der Waals surface area (Å²) in [5, 5.41) is 4.93. The van der Waals surface area contributed by atoms with Crippen LogP contribution in [0, 0.1) is 13.8 Å². The zero-order valence-electron chi connectivity index (χ0n) is 34.1. The first-order valence-corrected chi connectivity index (χ1v) is 27.1. The molecule has 3 aromatic rings. The topological polar surface area (TPSA) is 0 Å². The number of aryl methyl sites for hydroxylation is 2. The molecule has 2 atom stereocenters. The van der Waals surface area contributed by atoms with E-state index in [1.807, 2.05) is 0 Å². The minimum absolute atomic E-state index is 0. The molecular weight excluding hydrogens is 755 g/mol. The SMILES string of the molecule is CC1=C(C)[C]([Ti+3])(C([SiH2]c2cc([Si](C)(C)C)cc([Si](C)(C)C)c2)c2cc(C)cc(C)c2)C(c2cc(C(C)(C)C)cc(C(C)(C)C)c2)=C1C.[Cl-].[Cl-].[Cl-]. The van der Waals surface area contributed by atoms with Crippen LogP contribution in [0.25, 0.3) is 5.57 Å². The van der Waals surface area contributed by atoms with Gasteiger partial charge in [0.1, 0.15) is 0 Å². The van der Waals surface area contributed by atoms with E-state index in [4.69, 9.17) is 0 Å². The van der Waals surface area contributed by atoms with Gasteiger partial charge in [0.25, 0.3) is 0 Å². The zero-order valence-corrected chi connectivity index (χ0v) is 41.4. The van der Waals surface area contributed by atoms with Gasteiger partial charge in [0.2, 0.25) is 0 Å². The van der Waals surface area contributed by atoms with Gasteiger partial charge in [0, 0.05) is 0 Å². The van der Waals surface area contributed by atoms with E-state index in [1.165, 1.54) is 44.5 Å². The van der Waals surface area contributed by atoms with Gasteiger partial charge in [-0.2, -0.15) is 0 Å². The molecule has 0 aromatic heterocycles. The van der Waals surface area contributed by atoms with Crippen molar-refractivity contribution in [2.75, 3.05) is 0 Å². The van der Waals surface area contributed by atoms with Crippen LogP contribution in [-0.2, 0) is 31.3 Å². The molecule has 1 aliphatic rings. The van der Waals surface area contributed by atoms with Crippen LogP contribution in [0.2, 0.25) is 43.0 Å². The van der Waals surface area contributed by atoms with Crippen molar-refractivity contribution in [3.63, 3.8) is 0 Å². The first-order valence-electron chi connectivity index (χ1n) is 17.8. The summed E-state index contributed by atoms with van der Waals surface area (Å²) >= 11 is 2.62. The van der Waals surface area contributed by atoms with Crippen molar-refractivity contribution in [3.8, 4) is 0 Å². The first-order chi connectivity index (χ1) is 21.2. The molecule has 0 saturated heterocycles. The Labute approximate surface area is 342 Å². The van der Waals surface area contributed by atoms with Crippen molar-refractivity contribution in [2.24, 2.45) is 0 Å². The monoisotopic (exact) mass is 816 g/mol. The van der Waals surface area contributed by atoms with Gasteiger partial charge in [-0.1, -0.05) is 0 Å². The summed E-state index contributed by atoms with van der Waals surface area (Å²) in [5.74, 6) is 0. The molecule has 0 heterocycles. The van der Waals surface area contributed by atoms with Crippen LogP contribution in [0.15, 0.2) is 71.3 Å². The minimum atomic E-state index is -1.50. The molecule has 0 spiro atoms. The quantitative estimate of drug-likeness (QED) is 0.314. The maximum Gasteiger partial charge on any atom is -1.00 e. The van der Waals surface area contributed by atoms with Crippen molar-refractivity contribution in [2.45, 2.75) is 136 Å². The Bertz CT molecular complexity index is 1680. The Morgan fingerprint density at radius 3 is 1.38 bits per heavy atom. The van der Waals surface area contributed by atoms with Gasteiger partial charge in [-0.25, -0.2) is 0 Å². The second-order valence-corrected chi connectivity index (χ2v) is 32.4. The van der Waals surface area contributed by atoms with Crippen LogP contribution in [0.4, 0.5) is 0 Å². The Balaban J connectivity index is 0.00000417. The maximum atomic E-state index is 2.66. The van der Waals surface area contributed by atoms with Gasteiger partial charge in [-0.3, -0.25) is 0 Å². The molecule has 1 aliphatic carbocycles. The fourth-order valence-electron chi connectivity index (χ4n) is 7.41. The van der Waals surface area contributed by atoms with E-state index in [1.54, 1.807) is 26.7 Å². The standard InChI is InChI=1S/C43H63Si3.3ClH.Ti/c1-27-18-28(2)20-33(19-27)41(44-36-24-37(45(12,13)14)26-38(25-36)46(15,16)17)40-31(5)29(3)30(4)39(40)32-21-34(42(6,7)8)23-35(22-32)43(9,10)11;;;;/h18-26,41H,44H2,1-17H3;3*1H;/q;;;;+3/p-3. The Hall–Kier alpha value is -0.625. The van der Waals surface area contributed by atoms with Gasteiger partial charge in [-0.05, 0) is 0 Å². The Kier molecular flexibility index (Phi) is 15.5. The third-order valence-electron chi connectivity index (χ3n) is 10.8. The normalized spacial score (nSPS) is 17.9. The molecule has 0 fully saturated rings. The Morgan fingerprint density at radius 2 is 1.00 bits per heavy atom. The van der Waals surface area contributed by atoms with Crippen molar-refractivity contribution in [3.05, 3.63) is 105 Å². The van der Waals surface area contributed by atoms with Crippen molar-refractivity contribution in [1.29, 1.82) is 0 Å². The van der Waals surface area contributed by atoms with Crippen molar-refractivity contribution >= 4 is 46.8 Å². The van der Waals surface area contributed by atoms with Crippen molar-refractivity contribution in [1.82, 2.24) is 0 Å². The van der Waals surface area contributed by atoms with Crippen LogP contribution in [0.3, 0.4) is 0 Å². The second kappa shape index (κ2) is 16.4. The van der Waals surface area contributed by atoms with Crippen molar-refractivity contribution < 1.29 is 57.7 Å². The minimum Gasteiger partial charge on any atom is -1.00 e. The average molecular weight is 818 g/mol. The molecule has 0 nitrogen and oxygen atoms in total. The van der Waals surface area contributed by atoms with Crippen LogP contribution in [0.1, 0.15) is 101 Å². The molecule has 0 N–H and O–H groups in total. The van der Waals surface area contributed by atoms with Crippen LogP contribution < -0.4 is 52.8 Å². The van der Waals surface area contributed by atoms with Crippen LogP contribution >= 0.6 is 0 Å². The van der Waals surface area contributed by atoms with E-state index in [-0.39, 0.29) is 51.8 Å². The van der Waals surface area contributed by atoms with E-state index < -0.39 is 25.7 Å². The van der Waals surface area contributed by atoms with E-state index >= 15 is 0 Å². The molecule has 7 heteroatoms. The summed E-state index contributed by atoms with van der Waals surface area (Å²) in [6.07, 6.45) is 0. The summed E-state index contributed by atoms with van der Waals surface area (Å²) in [7, 11) is -3.78. The number of benzene rings is 3. The molecule has 272 valence electrons. The summed E-state index contributed by atoms with van der Waals surface area (Å²) in [4.78, 5) is 0. The second-order valence-electron chi connectivity index (χ2n) is 19.0. The molecule has 50 heavy (non-hydrogen) atoms. The first kappa shape index (κ1) is 47.4. The summed E-state index contributed by atoms with van der Waals surface area (Å²) in [6.45, 7) is 41.2. The molecular formula is C43H63Cl3Si3Ti. The third-order valence-corrected chi connectivity index (χ3v) is 19.3. The van der Waals surface area contributed by atoms with Crippen LogP contribution in [-0.4, -0.2) is 25.7 Å². The molecule has 2 unspecified atom stereocenters. The van der Waals surface area contributed by atoms with Gasteiger partial charge in [0.05, 0.1) is 0 Å². The Morgan fingerprint density at radius 1 is 0.580 bits per heavy atom. The van der Waals surface area contributed by atoms with E-state index in [0.717, 1.165) is 0 Å². The fourth-order valence-corrected chi connectivity index (χ4v) is 14.4. The van der Waals surface area contributed by atoms with E-state index in [2.05, 4.69) is 190 Å². The maximum absolute atomic E-state index is 2.66. The number of rotatable bonds is 7. The summed E-state index contributed by atoms with van der Waals surface area (Å²) < 4.78 is -0.0965. The number of hydrogen-bond donors (Lipinski definition) is 0. The van der Waals surface area contributed by atoms with E-state index in [9.17, 15) is 0 Å². The molecule has 3 aromatic carbocycles. The largest absolute Gasteiger partial charge is 1.00 e. The number of allylic oxidation sites excluding steroid dienone is 4. The van der Waals surface area contributed by atoms with Gasteiger partial charge in [0.15, 0.2) is 0 Å². The van der Waals surface area contributed by atoms with Gasteiger partial charge >= 0.3 is 307 Å². The van der Waals surface area contributed by atoms with Gasteiger partial charge < -0.3 is 37.2 Å². The third kappa shape index (κ3) is 9.91. The van der Waals surface area contributed by atoms with E-state index in [0.29, 0.717) is 5.54 Å². The fraction of sp³-hybridized carbons (Fsp3) is 0.488. The molecule has 0 radical (unpaired) electrons. The molecule has 0 aliphatic heterocycles. The summed E-state index contributed by atoms with van der Waals surface area (Å²) in [5.41, 5.74) is 15.3. The summed E-state index contributed by atoms with van der Waals surface area (Å²) in [6, 6.07) is 22.9. The van der Waals surface area contributed by atoms with Gasteiger partial charge in [-0.15, -0.1) is 0 Å². The predicted octanol–water partition coefficient (Wildman–Crippen LogP) is 1.07. The molecule has 0 amide bonds. The predicted molar refractivity (Wildman–Crippen MR) is 217 cm³/mol.